The van der Waals surface area contributed by atoms with Crippen LogP contribution in [-0.2, 0) is 6.54 Å². The van der Waals surface area contributed by atoms with Crippen LogP contribution in [0.15, 0.2) is 18.2 Å². The summed E-state index contributed by atoms with van der Waals surface area (Å²) in [7, 11) is 0. The second kappa shape index (κ2) is 6.96. The molecule has 4 heteroatoms. The summed E-state index contributed by atoms with van der Waals surface area (Å²) in [5.74, 6) is -1.57. The molecule has 2 unspecified atom stereocenters. The van der Waals surface area contributed by atoms with Gasteiger partial charge in [0.1, 0.15) is 0 Å². The minimum atomic E-state index is -0.789. The summed E-state index contributed by atoms with van der Waals surface area (Å²) in [5, 5.41) is 6.88. The third-order valence-corrected chi connectivity index (χ3v) is 3.69. The van der Waals surface area contributed by atoms with Crippen molar-refractivity contribution in [3.8, 4) is 0 Å². The molecule has 2 atom stereocenters. The standard InChI is InChI=1S/C15H22F2N2/c1-11(8-13-4-2-3-7-18-13)19-10-12-5-6-14(16)15(17)9-12/h5-6,9,11,13,18-19H,2-4,7-8,10H2,1H3. The summed E-state index contributed by atoms with van der Waals surface area (Å²) in [6.45, 7) is 3.82. The van der Waals surface area contributed by atoms with Crippen molar-refractivity contribution < 1.29 is 8.78 Å². The summed E-state index contributed by atoms with van der Waals surface area (Å²) in [6.07, 6.45) is 4.88. The van der Waals surface area contributed by atoms with Gasteiger partial charge in [0.25, 0.3) is 0 Å². The van der Waals surface area contributed by atoms with Crippen LogP contribution in [0.2, 0.25) is 0 Å². The van der Waals surface area contributed by atoms with E-state index in [0.29, 0.717) is 18.6 Å². The van der Waals surface area contributed by atoms with Gasteiger partial charge in [-0.25, -0.2) is 8.78 Å². The smallest absolute Gasteiger partial charge is 0.159 e. The zero-order valence-electron chi connectivity index (χ0n) is 11.4. The number of rotatable bonds is 5. The molecule has 1 saturated heterocycles. The Morgan fingerprint density at radius 2 is 2.16 bits per heavy atom. The summed E-state index contributed by atoms with van der Waals surface area (Å²) in [5.41, 5.74) is 0.780. The molecular formula is C15H22F2N2. The van der Waals surface area contributed by atoms with Gasteiger partial charge < -0.3 is 10.6 Å². The van der Waals surface area contributed by atoms with Gasteiger partial charge in [-0.15, -0.1) is 0 Å². The highest BCUT2D eigenvalue weighted by atomic mass is 19.2. The van der Waals surface area contributed by atoms with Gasteiger partial charge >= 0.3 is 0 Å². The predicted octanol–water partition coefficient (Wildman–Crippen LogP) is 2.98. The van der Waals surface area contributed by atoms with Gasteiger partial charge in [0.05, 0.1) is 0 Å². The number of hydrogen-bond donors (Lipinski definition) is 2. The van der Waals surface area contributed by atoms with Crippen LogP contribution in [-0.4, -0.2) is 18.6 Å². The molecule has 1 fully saturated rings. The number of benzene rings is 1. The van der Waals surface area contributed by atoms with Gasteiger partial charge in [0.2, 0.25) is 0 Å². The molecule has 1 heterocycles. The van der Waals surface area contributed by atoms with Gasteiger partial charge in [-0.05, 0) is 50.4 Å². The molecular weight excluding hydrogens is 246 g/mol. The average Bonchev–Trinajstić information content (AvgIpc) is 2.41. The molecule has 0 amide bonds. The Labute approximate surface area is 113 Å². The molecule has 1 aliphatic heterocycles. The van der Waals surface area contributed by atoms with Crippen molar-refractivity contribution in [1.29, 1.82) is 0 Å². The number of hydrogen-bond acceptors (Lipinski definition) is 2. The predicted molar refractivity (Wildman–Crippen MR) is 72.9 cm³/mol. The van der Waals surface area contributed by atoms with E-state index in [1.807, 2.05) is 0 Å². The van der Waals surface area contributed by atoms with Crippen molar-refractivity contribution in [2.75, 3.05) is 6.54 Å². The maximum atomic E-state index is 13.1. The van der Waals surface area contributed by atoms with Crippen molar-refractivity contribution in [2.24, 2.45) is 0 Å². The maximum Gasteiger partial charge on any atom is 0.159 e. The topological polar surface area (TPSA) is 24.1 Å². The highest BCUT2D eigenvalue weighted by molar-refractivity contribution is 5.17. The molecule has 2 N–H and O–H groups in total. The zero-order valence-corrected chi connectivity index (χ0v) is 11.4. The van der Waals surface area contributed by atoms with Gasteiger partial charge in [-0.3, -0.25) is 0 Å². The largest absolute Gasteiger partial charge is 0.314 e. The lowest BCUT2D eigenvalue weighted by molar-refractivity contribution is 0.344. The molecule has 0 bridgehead atoms. The minimum Gasteiger partial charge on any atom is -0.314 e. The van der Waals surface area contributed by atoms with E-state index < -0.39 is 11.6 Å². The SMILES string of the molecule is CC(CC1CCCCN1)NCc1ccc(F)c(F)c1. The summed E-state index contributed by atoms with van der Waals surface area (Å²) in [6, 6.07) is 5.01. The Hall–Kier alpha value is -1.00. The lowest BCUT2D eigenvalue weighted by Gasteiger charge is -2.26. The molecule has 19 heavy (non-hydrogen) atoms. The van der Waals surface area contributed by atoms with Crippen LogP contribution < -0.4 is 10.6 Å². The van der Waals surface area contributed by atoms with E-state index in [4.69, 9.17) is 0 Å². The summed E-state index contributed by atoms with van der Waals surface area (Å²) in [4.78, 5) is 0. The molecule has 1 aliphatic rings. The monoisotopic (exact) mass is 268 g/mol. The Kier molecular flexibility index (Phi) is 5.28. The van der Waals surface area contributed by atoms with Crippen LogP contribution in [0.25, 0.3) is 0 Å². The molecule has 2 rings (SSSR count). The second-order valence-corrected chi connectivity index (χ2v) is 5.41. The van der Waals surface area contributed by atoms with Crippen LogP contribution in [0.5, 0.6) is 0 Å². The molecule has 2 nitrogen and oxygen atoms in total. The van der Waals surface area contributed by atoms with E-state index in [0.717, 1.165) is 18.5 Å². The van der Waals surface area contributed by atoms with E-state index in [9.17, 15) is 8.78 Å². The summed E-state index contributed by atoms with van der Waals surface area (Å²) < 4.78 is 25.9. The third-order valence-electron chi connectivity index (χ3n) is 3.69. The molecule has 1 aromatic rings. The lowest BCUT2D eigenvalue weighted by atomic mass is 9.99. The third kappa shape index (κ3) is 4.55. The molecule has 1 aromatic carbocycles. The van der Waals surface area contributed by atoms with Crippen LogP contribution in [0.1, 0.15) is 38.2 Å². The van der Waals surface area contributed by atoms with E-state index in [-0.39, 0.29) is 0 Å². The van der Waals surface area contributed by atoms with Crippen molar-refractivity contribution >= 4 is 0 Å². The normalized spacial score (nSPS) is 21.3. The highest BCUT2D eigenvalue weighted by Gasteiger charge is 2.15. The first kappa shape index (κ1) is 14.4. The molecule has 106 valence electrons. The first-order chi connectivity index (χ1) is 9.15. The Balaban J connectivity index is 1.75. The highest BCUT2D eigenvalue weighted by Crippen LogP contribution is 2.13. The van der Waals surface area contributed by atoms with Crippen LogP contribution >= 0.6 is 0 Å². The minimum absolute atomic E-state index is 0.365. The number of halogens is 2. The van der Waals surface area contributed by atoms with Crippen molar-refractivity contribution in [2.45, 2.75) is 51.2 Å². The molecule has 0 spiro atoms. The first-order valence-electron chi connectivity index (χ1n) is 7.06. The van der Waals surface area contributed by atoms with Gasteiger partial charge in [0.15, 0.2) is 11.6 Å². The van der Waals surface area contributed by atoms with E-state index in [1.165, 1.54) is 31.4 Å². The summed E-state index contributed by atoms with van der Waals surface area (Å²) >= 11 is 0. The van der Waals surface area contributed by atoms with Crippen molar-refractivity contribution in [1.82, 2.24) is 10.6 Å². The fraction of sp³-hybridized carbons (Fsp3) is 0.600. The van der Waals surface area contributed by atoms with E-state index in [1.54, 1.807) is 6.07 Å². The maximum absolute atomic E-state index is 13.1. The zero-order chi connectivity index (χ0) is 13.7. The number of nitrogens with one attached hydrogen (secondary N) is 2. The van der Waals surface area contributed by atoms with Gasteiger partial charge in [-0.2, -0.15) is 0 Å². The van der Waals surface area contributed by atoms with E-state index >= 15 is 0 Å². The lowest BCUT2D eigenvalue weighted by Crippen LogP contribution is -2.39. The number of piperidine rings is 1. The van der Waals surface area contributed by atoms with Gasteiger partial charge in [0, 0.05) is 18.6 Å². The van der Waals surface area contributed by atoms with Crippen molar-refractivity contribution in [3.63, 3.8) is 0 Å². The van der Waals surface area contributed by atoms with Gasteiger partial charge in [-0.1, -0.05) is 12.5 Å². The fourth-order valence-corrected chi connectivity index (χ4v) is 2.58. The average molecular weight is 268 g/mol. The van der Waals surface area contributed by atoms with Crippen LogP contribution in [0.4, 0.5) is 8.78 Å². The molecule has 0 aliphatic carbocycles. The molecule has 0 radical (unpaired) electrons. The first-order valence-corrected chi connectivity index (χ1v) is 7.06. The fourth-order valence-electron chi connectivity index (χ4n) is 2.58. The molecule has 0 saturated carbocycles. The van der Waals surface area contributed by atoms with Crippen LogP contribution in [0.3, 0.4) is 0 Å². The second-order valence-electron chi connectivity index (χ2n) is 5.41. The van der Waals surface area contributed by atoms with E-state index in [2.05, 4.69) is 17.6 Å². The Bertz CT molecular complexity index is 403. The quantitative estimate of drug-likeness (QED) is 0.858. The Morgan fingerprint density at radius 1 is 1.32 bits per heavy atom. The molecule has 0 aromatic heterocycles. The van der Waals surface area contributed by atoms with Crippen LogP contribution in [0, 0.1) is 11.6 Å². The van der Waals surface area contributed by atoms with Crippen molar-refractivity contribution in [3.05, 3.63) is 35.4 Å². The Morgan fingerprint density at radius 3 is 2.84 bits per heavy atom.